The van der Waals surface area contributed by atoms with E-state index in [0.717, 1.165) is 25.9 Å². The highest BCUT2D eigenvalue weighted by molar-refractivity contribution is 5.81. The fourth-order valence-corrected chi connectivity index (χ4v) is 3.54. The van der Waals surface area contributed by atoms with Crippen LogP contribution in [-0.4, -0.2) is 23.8 Å². The van der Waals surface area contributed by atoms with Crippen LogP contribution in [0.15, 0.2) is 30.3 Å². The van der Waals surface area contributed by atoms with E-state index in [9.17, 15) is 4.79 Å². The van der Waals surface area contributed by atoms with Gasteiger partial charge in [0.15, 0.2) is 0 Å². The summed E-state index contributed by atoms with van der Waals surface area (Å²) in [5.74, 6) is 1.80. The minimum Gasteiger partial charge on any atom is -0.300 e. The van der Waals surface area contributed by atoms with Gasteiger partial charge in [0.05, 0.1) is 0 Å². The summed E-state index contributed by atoms with van der Waals surface area (Å²) < 4.78 is 0. The van der Waals surface area contributed by atoms with Gasteiger partial charge in [0.2, 0.25) is 0 Å². The molecule has 1 heterocycles. The number of ketones is 1. The third-order valence-corrected chi connectivity index (χ3v) is 4.44. The van der Waals surface area contributed by atoms with Crippen molar-refractivity contribution in [2.75, 3.05) is 13.1 Å². The van der Waals surface area contributed by atoms with Crippen molar-refractivity contribution in [3.63, 3.8) is 0 Å². The number of rotatable bonds is 2. The number of hydrogen-bond acceptors (Lipinski definition) is 2. The number of fused-ring (bicyclic) bond motifs is 1. The second-order valence-corrected chi connectivity index (χ2v) is 5.83. The van der Waals surface area contributed by atoms with Gasteiger partial charge in [-0.05, 0) is 36.8 Å². The van der Waals surface area contributed by atoms with Gasteiger partial charge in [-0.3, -0.25) is 9.69 Å². The van der Waals surface area contributed by atoms with Crippen molar-refractivity contribution >= 4 is 5.78 Å². The van der Waals surface area contributed by atoms with Crippen molar-refractivity contribution < 1.29 is 4.79 Å². The summed E-state index contributed by atoms with van der Waals surface area (Å²) in [6.07, 6.45) is 4.18. The molecule has 1 saturated carbocycles. The molecule has 1 aromatic rings. The fourth-order valence-electron chi connectivity index (χ4n) is 3.54. The van der Waals surface area contributed by atoms with Crippen LogP contribution in [0.2, 0.25) is 0 Å². The zero-order valence-corrected chi connectivity index (χ0v) is 10.8. The van der Waals surface area contributed by atoms with E-state index in [2.05, 4.69) is 35.2 Å². The molecule has 2 unspecified atom stereocenters. The minimum absolute atomic E-state index is 0.492. The maximum atomic E-state index is 11.6. The Hall–Kier alpha value is -1.15. The minimum atomic E-state index is 0.492. The number of hydrogen-bond donors (Lipinski definition) is 0. The number of carbonyl (C=O) groups excluding carboxylic acids is 1. The molecule has 0 radical (unpaired) electrons. The number of likely N-dealkylation sites (tertiary alicyclic amines) is 1. The lowest BCUT2D eigenvalue weighted by atomic mass is 9.93. The molecule has 2 heteroatoms. The lowest BCUT2D eigenvalue weighted by molar-refractivity contribution is -0.117. The topological polar surface area (TPSA) is 20.3 Å². The molecule has 2 fully saturated rings. The first-order chi connectivity index (χ1) is 8.81. The van der Waals surface area contributed by atoms with Gasteiger partial charge in [-0.2, -0.15) is 0 Å². The molecule has 0 amide bonds. The SMILES string of the molecule is O=C1CC2CCCN(Cc3ccccc3)CC2C1. The van der Waals surface area contributed by atoms with Crippen molar-refractivity contribution in [3.8, 4) is 0 Å². The molecule has 2 atom stereocenters. The number of Topliss-reactive ketones (excluding diaryl/α,β-unsaturated/α-hetero) is 1. The largest absolute Gasteiger partial charge is 0.300 e. The van der Waals surface area contributed by atoms with Crippen LogP contribution in [0.3, 0.4) is 0 Å². The summed E-state index contributed by atoms with van der Waals surface area (Å²) >= 11 is 0. The Balaban J connectivity index is 1.65. The maximum absolute atomic E-state index is 11.6. The monoisotopic (exact) mass is 243 g/mol. The highest BCUT2D eigenvalue weighted by Crippen LogP contribution is 2.35. The summed E-state index contributed by atoms with van der Waals surface area (Å²) in [6.45, 7) is 3.35. The zero-order chi connectivity index (χ0) is 12.4. The summed E-state index contributed by atoms with van der Waals surface area (Å²) in [7, 11) is 0. The van der Waals surface area contributed by atoms with E-state index in [1.165, 1.54) is 24.9 Å². The van der Waals surface area contributed by atoms with Gasteiger partial charge in [-0.15, -0.1) is 0 Å². The van der Waals surface area contributed by atoms with Crippen LogP contribution >= 0.6 is 0 Å². The van der Waals surface area contributed by atoms with Crippen LogP contribution in [0, 0.1) is 11.8 Å². The maximum Gasteiger partial charge on any atom is 0.133 e. The fraction of sp³-hybridized carbons (Fsp3) is 0.562. The predicted octanol–water partition coefficient (Wildman–Crippen LogP) is 2.88. The molecule has 1 aliphatic carbocycles. The Morgan fingerprint density at radius 3 is 2.72 bits per heavy atom. The Labute approximate surface area is 109 Å². The molecule has 0 N–H and O–H groups in total. The molecule has 96 valence electrons. The highest BCUT2D eigenvalue weighted by Gasteiger charge is 2.35. The average Bonchev–Trinajstić information content (AvgIpc) is 2.60. The van der Waals surface area contributed by atoms with Crippen LogP contribution < -0.4 is 0 Å². The van der Waals surface area contributed by atoms with E-state index in [-0.39, 0.29) is 0 Å². The van der Waals surface area contributed by atoms with Crippen molar-refractivity contribution in [2.24, 2.45) is 11.8 Å². The number of nitrogens with zero attached hydrogens (tertiary/aromatic N) is 1. The molecule has 2 aliphatic rings. The zero-order valence-electron chi connectivity index (χ0n) is 10.8. The Morgan fingerprint density at radius 2 is 1.89 bits per heavy atom. The molecular formula is C16H21NO. The Bertz CT molecular complexity index is 414. The van der Waals surface area contributed by atoms with Crippen LogP contribution in [0.4, 0.5) is 0 Å². The van der Waals surface area contributed by atoms with E-state index in [1.54, 1.807) is 0 Å². The van der Waals surface area contributed by atoms with Gasteiger partial charge in [-0.1, -0.05) is 30.3 Å². The second-order valence-electron chi connectivity index (χ2n) is 5.83. The van der Waals surface area contributed by atoms with Crippen LogP contribution in [0.25, 0.3) is 0 Å². The lowest BCUT2D eigenvalue weighted by Crippen LogP contribution is -2.28. The summed E-state index contributed by atoms with van der Waals surface area (Å²) in [5, 5.41) is 0. The third kappa shape index (κ3) is 2.64. The van der Waals surface area contributed by atoms with E-state index in [1.807, 2.05) is 0 Å². The molecule has 0 spiro atoms. The Morgan fingerprint density at radius 1 is 1.11 bits per heavy atom. The third-order valence-electron chi connectivity index (χ3n) is 4.44. The van der Waals surface area contributed by atoms with E-state index < -0.39 is 0 Å². The molecule has 0 aromatic heterocycles. The van der Waals surface area contributed by atoms with Crippen molar-refractivity contribution in [3.05, 3.63) is 35.9 Å². The molecule has 1 aromatic carbocycles. The molecule has 3 rings (SSSR count). The van der Waals surface area contributed by atoms with Gasteiger partial charge in [0, 0.05) is 25.9 Å². The first kappa shape index (κ1) is 11.9. The number of benzene rings is 1. The van der Waals surface area contributed by atoms with Gasteiger partial charge in [-0.25, -0.2) is 0 Å². The first-order valence-corrected chi connectivity index (χ1v) is 7.09. The van der Waals surface area contributed by atoms with Gasteiger partial charge in [0.1, 0.15) is 5.78 Å². The normalized spacial score (nSPS) is 29.0. The average molecular weight is 243 g/mol. The Kier molecular flexibility index (Phi) is 3.46. The molecule has 0 bridgehead atoms. The van der Waals surface area contributed by atoms with E-state index in [0.29, 0.717) is 17.6 Å². The molecule has 1 saturated heterocycles. The molecule has 2 nitrogen and oxygen atoms in total. The summed E-state index contributed by atoms with van der Waals surface area (Å²) in [5.41, 5.74) is 1.39. The predicted molar refractivity (Wildman–Crippen MR) is 72.2 cm³/mol. The summed E-state index contributed by atoms with van der Waals surface area (Å²) in [6, 6.07) is 10.7. The van der Waals surface area contributed by atoms with Gasteiger partial charge in [0.25, 0.3) is 0 Å². The van der Waals surface area contributed by atoms with Crippen molar-refractivity contribution in [1.82, 2.24) is 4.90 Å². The van der Waals surface area contributed by atoms with Crippen LogP contribution in [0.5, 0.6) is 0 Å². The van der Waals surface area contributed by atoms with Crippen molar-refractivity contribution in [2.45, 2.75) is 32.2 Å². The van der Waals surface area contributed by atoms with Crippen LogP contribution in [-0.2, 0) is 11.3 Å². The lowest BCUT2D eigenvalue weighted by Gasteiger charge is -2.23. The quantitative estimate of drug-likeness (QED) is 0.796. The van der Waals surface area contributed by atoms with Crippen LogP contribution in [0.1, 0.15) is 31.2 Å². The van der Waals surface area contributed by atoms with Crippen molar-refractivity contribution in [1.29, 1.82) is 0 Å². The first-order valence-electron chi connectivity index (χ1n) is 7.09. The van der Waals surface area contributed by atoms with E-state index in [4.69, 9.17) is 0 Å². The molecular weight excluding hydrogens is 222 g/mol. The second kappa shape index (κ2) is 5.23. The molecule has 1 aliphatic heterocycles. The van der Waals surface area contributed by atoms with Gasteiger partial charge >= 0.3 is 0 Å². The standard InChI is InChI=1S/C16H21NO/c18-16-9-14-7-4-8-17(12-15(14)10-16)11-13-5-2-1-3-6-13/h1-3,5-6,14-15H,4,7-12H2. The van der Waals surface area contributed by atoms with E-state index >= 15 is 0 Å². The number of carbonyl (C=O) groups is 1. The summed E-state index contributed by atoms with van der Waals surface area (Å²) in [4.78, 5) is 14.1. The van der Waals surface area contributed by atoms with Gasteiger partial charge < -0.3 is 0 Å². The highest BCUT2D eigenvalue weighted by atomic mass is 16.1. The molecule has 18 heavy (non-hydrogen) atoms. The smallest absolute Gasteiger partial charge is 0.133 e.